The van der Waals surface area contributed by atoms with E-state index in [-0.39, 0.29) is 17.4 Å². The number of rotatable bonds is 8. The second kappa shape index (κ2) is 9.16. The quantitative estimate of drug-likeness (QED) is 0.681. The van der Waals surface area contributed by atoms with Crippen LogP contribution in [-0.2, 0) is 14.8 Å². The van der Waals surface area contributed by atoms with E-state index in [1.165, 1.54) is 16.4 Å². The Labute approximate surface area is 162 Å². The molecule has 0 saturated heterocycles. The zero-order chi connectivity index (χ0) is 19.2. The van der Waals surface area contributed by atoms with Crippen LogP contribution >= 0.6 is 15.9 Å². The summed E-state index contributed by atoms with van der Waals surface area (Å²) in [6.07, 6.45) is 0. The van der Waals surface area contributed by atoms with Gasteiger partial charge in [-0.1, -0.05) is 26.0 Å². The van der Waals surface area contributed by atoms with Crippen molar-refractivity contribution in [3.8, 4) is 5.75 Å². The molecule has 0 aliphatic carbocycles. The van der Waals surface area contributed by atoms with E-state index in [4.69, 9.17) is 4.74 Å². The number of nitrogens with one attached hydrogen (secondary N) is 1. The normalized spacial score (nSPS) is 11.4. The largest absolute Gasteiger partial charge is 0.484 e. The molecule has 0 radical (unpaired) electrons. The fraction of sp³-hybridized carbons (Fsp3) is 0.278. The molecule has 6 nitrogen and oxygen atoms in total. The summed E-state index contributed by atoms with van der Waals surface area (Å²) < 4.78 is 32.4. The maximum atomic E-state index is 12.4. The van der Waals surface area contributed by atoms with Crippen molar-refractivity contribution in [3.63, 3.8) is 0 Å². The summed E-state index contributed by atoms with van der Waals surface area (Å²) in [6, 6.07) is 13.3. The number of benzene rings is 2. The van der Waals surface area contributed by atoms with E-state index in [1.807, 2.05) is 18.2 Å². The van der Waals surface area contributed by atoms with Crippen molar-refractivity contribution in [2.45, 2.75) is 18.7 Å². The monoisotopic (exact) mass is 440 g/mol. The fourth-order valence-corrected chi connectivity index (χ4v) is 4.16. The maximum Gasteiger partial charge on any atom is 0.262 e. The van der Waals surface area contributed by atoms with E-state index >= 15 is 0 Å². The highest BCUT2D eigenvalue weighted by Crippen LogP contribution is 2.22. The Morgan fingerprint density at radius 2 is 1.69 bits per heavy atom. The van der Waals surface area contributed by atoms with Crippen molar-refractivity contribution in [3.05, 3.63) is 53.0 Å². The van der Waals surface area contributed by atoms with Gasteiger partial charge in [0.25, 0.3) is 5.91 Å². The second-order valence-corrected chi connectivity index (χ2v) is 8.17. The van der Waals surface area contributed by atoms with Crippen molar-refractivity contribution in [2.24, 2.45) is 0 Å². The number of nitrogens with zero attached hydrogens (tertiary/aromatic N) is 1. The van der Waals surface area contributed by atoms with Gasteiger partial charge in [0, 0.05) is 17.6 Å². The number of amides is 1. The van der Waals surface area contributed by atoms with E-state index in [9.17, 15) is 13.2 Å². The van der Waals surface area contributed by atoms with Gasteiger partial charge in [0.1, 0.15) is 5.75 Å². The number of sulfonamides is 1. The van der Waals surface area contributed by atoms with Crippen LogP contribution in [0.2, 0.25) is 0 Å². The number of carbonyl (C=O) groups is 1. The summed E-state index contributed by atoms with van der Waals surface area (Å²) in [5.74, 6) is 0.113. The fourth-order valence-electron chi connectivity index (χ4n) is 2.32. The first-order valence-electron chi connectivity index (χ1n) is 8.15. The Bertz CT molecular complexity index is 850. The predicted molar refractivity (Wildman–Crippen MR) is 105 cm³/mol. The lowest BCUT2D eigenvalue weighted by molar-refractivity contribution is -0.118. The van der Waals surface area contributed by atoms with Gasteiger partial charge in [0.15, 0.2) is 6.61 Å². The third kappa shape index (κ3) is 5.06. The lowest BCUT2D eigenvalue weighted by Crippen LogP contribution is -2.30. The first-order valence-corrected chi connectivity index (χ1v) is 10.4. The molecule has 1 N–H and O–H groups in total. The number of para-hydroxylation sites is 1. The minimum Gasteiger partial charge on any atom is -0.484 e. The summed E-state index contributed by atoms with van der Waals surface area (Å²) in [5, 5.41) is 2.73. The van der Waals surface area contributed by atoms with Crippen LogP contribution in [0.5, 0.6) is 5.75 Å². The van der Waals surface area contributed by atoms with Gasteiger partial charge in [-0.05, 0) is 52.3 Å². The summed E-state index contributed by atoms with van der Waals surface area (Å²) in [6.45, 7) is 4.23. The Hall–Kier alpha value is -1.90. The molecule has 0 aliphatic heterocycles. The van der Waals surface area contributed by atoms with Crippen molar-refractivity contribution in [1.29, 1.82) is 0 Å². The Morgan fingerprint density at radius 1 is 1.08 bits per heavy atom. The van der Waals surface area contributed by atoms with Crippen molar-refractivity contribution < 1.29 is 17.9 Å². The minimum atomic E-state index is -3.50. The number of halogens is 1. The van der Waals surface area contributed by atoms with Crippen LogP contribution in [0.1, 0.15) is 13.8 Å². The molecular formula is C18H21BrN2O4S. The molecule has 0 saturated carbocycles. The summed E-state index contributed by atoms with van der Waals surface area (Å²) in [4.78, 5) is 12.2. The van der Waals surface area contributed by atoms with Crippen LogP contribution in [-0.4, -0.2) is 38.3 Å². The van der Waals surface area contributed by atoms with Gasteiger partial charge >= 0.3 is 0 Å². The van der Waals surface area contributed by atoms with Crippen molar-refractivity contribution in [1.82, 2.24) is 4.31 Å². The number of carbonyl (C=O) groups excluding carboxylic acids is 1. The molecule has 0 aliphatic rings. The Morgan fingerprint density at radius 3 is 2.27 bits per heavy atom. The Balaban J connectivity index is 1.97. The molecule has 8 heteroatoms. The highest BCUT2D eigenvalue weighted by atomic mass is 79.9. The average Bonchev–Trinajstić information content (AvgIpc) is 2.63. The van der Waals surface area contributed by atoms with E-state index in [0.29, 0.717) is 24.5 Å². The van der Waals surface area contributed by atoms with E-state index < -0.39 is 10.0 Å². The number of anilines is 1. The maximum absolute atomic E-state index is 12.4. The molecule has 0 spiro atoms. The molecule has 0 aromatic heterocycles. The van der Waals surface area contributed by atoms with Gasteiger partial charge < -0.3 is 10.1 Å². The minimum absolute atomic E-state index is 0.177. The first-order chi connectivity index (χ1) is 12.4. The molecule has 0 bridgehead atoms. The van der Waals surface area contributed by atoms with Crippen LogP contribution in [0, 0.1) is 0 Å². The highest BCUT2D eigenvalue weighted by Gasteiger charge is 2.21. The van der Waals surface area contributed by atoms with E-state index in [2.05, 4.69) is 21.2 Å². The SMILES string of the molecule is CCN(CC)S(=O)(=O)c1ccc(OCC(=O)Nc2ccccc2Br)cc1. The molecular weight excluding hydrogens is 420 g/mol. The van der Waals surface area contributed by atoms with Gasteiger partial charge in [-0.2, -0.15) is 4.31 Å². The molecule has 2 aromatic carbocycles. The molecule has 140 valence electrons. The average molecular weight is 441 g/mol. The number of ether oxygens (including phenoxy) is 1. The van der Waals surface area contributed by atoms with Crippen LogP contribution in [0.15, 0.2) is 57.9 Å². The van der Waals surface area contributed by atoms with Crippen LogP contribution in [0.3, 0.4) is 0 Å². The third-order valence-corrected chi connectivity index (χ3v) is 6.44. The topological polar surface area (TPSA) is 75.7 Å². The molecule has 0 atom stereocenters. The molecule has 2 rings (SSSR count). The summed E-state index contributed by atoms with van der Waals surface area (Å²) in [7, 11) is -3.50. The van der Waals surface area contributed by atoms with Gasteiger partial charge in [-0.3, -0.25) is 4.79 Å². The zero-order valence-electron chi connectivity index (χ0n) is 14.6. The summed E-state index contributed by atoms with van der Waals surface area (Å²) >= 11 is 3.35. The summed E-state index contributed by atoms with van der Waals surface area (Å²) in [5.41, 5.74) is 0.654. The van der Waals surface area contributed by atoms with Crippen molar-refractivity contribution in [2.75, 3.05) is 25.0 Å². The molecule has 0 fully saturated rings. The lowest BCUT2D eigenvalue weighted by atomic mass is 10.3. The van der Waals surface area contributed by atoms with E-state index in [0.717, 1.165) is 4.47 Å². The predicted octanol–water partition coefficient (Wildman–Crippen LogP) is 3.50. The molecule has 2 aromatic rings. The molecule has 0 unspecified atom stereocenters. The van der Waals surface area contributed by atoms with Crippen LogP contribution < -0.4 is 10.1 Å². The van der Waals surface area contributed by atoms with E-state index in [1.54, 1.807) is 32.0 Å². The third-order valence-electron chi connectivity index (χ3n) is 3.68. The Kier molecular flexibility index (Phi) is 7.19. The zero-order valence-corrected chi connectivity index (χ0v) is 17.0. The standard InChI is InChI=1S/C18H21BrN2O4S/c1-3-21(4-2)26(23,24)15-11-9-14(10-12-15)25-13-18(22)20-17-8-6-5-7-16(17)19/h5-12H,3-4,13H2,1-2H3,(H,20,22). The van der Waals surface area contributed by atoms with Gasteiger partial charge in [0.2, 0.25) is 10.0 Å². The molecule has 1 amide bonds. The molecule has 0 heterocycles. The number of hydrogen-bond donors (Lipinski definition) is 1. The first kappa shape index (κ1) is 20.4. The molecule has 26 heavy (non-hydrogen) atoms. The van der Waals surface area contributed by atoms with Crippen LogP contribution in [0.25, 0.3) is 0 Å². The second-order valence-electron chi connectivity index (χ2n) is 5.38. The van der Waals surface area contributed by atoms with Gasteiger partial charge in [-0.15, -0.1) is 0 Å². The van der Waals surface area contributed by atoms with Gasteiger partial charge in [0.05, 0.1) is 10.6 Å². The van der Waals surface area contributed by atoms with Crippen LogP contribution in [0.4, 0.5) is 5.69 Å². The number of hydrogen-bond acceptors (Lipinski definition) is 4. The smallest absolute Gasteiger partial charge is 0.262 e. The van der Waals surface area contributed by atoms with Crippen molar-refractivity contribution >= 4 is 37.5 Å². The van der Waals surface area contributed by atoms with Gasteiger partial charge in [-0.25, -0.2) is 8.42 Å². The highest BCUT2D eigenvalue weighted by molar-refractivity contribution is 9.10. The lowest BCUT2D eigenvalue weighted by Gasteiger charge is -2.18.